The van der Waals surface area contributed by atoms with E-state index in [0.717, 1.165) is 16.5 Å². The molecule has 0 atom stereocenters. The molecular formula is C13H15N3OS. The number of nitrogens with two attached hydrogens (primary N) is 1. The first-order chi connectivity index (χ1) is 8.49. The zero-order valence-electron chi connectivity index (χ0n) is 10.4. The van der Waals surface area contributed by atoms with Gasteiger partial charge in [0.05, 0.1) is 0 Å². The first-order valence-corrected chi connectivity index (χ1v) is 5.98. The molecule has 0 unspecified atom stereocenters. The maximum Gasteiger partial charge on any atom is 0.241 e. The van der Waals surface area contributed by atoms with Crippen LogP contribution in [-0.2, 0) is 11.3 Å². The van der Waals surface area contributed by atoms with Crippen LogP contribution in [0.1, 0.15) is 5.56 Å². The maximum absolute atomic E-state index is 11.7. The second-order valence-electron chi connectivity index (χ2n) is 4.37. The molecule has 0 fully saturated rings. The summed E-state index contributed by atoms with van der Waals surface area (Å²) in [7, 11) is 3.49. The van der Waals surface area contributed by atoms with Gasteiger partial charge in [-0.15, -0.1) is 0 Å². The van der Waals surface area contributed by atoms with Crippen LogP contribution in [0.5, 0.6) is 0 Å². The van der Waals surface area contributed by atoms with Crippen LogP contribution in [-0.4, -0.2) is 34.5 Å². The number of carbonyl (C=O) groups excluding carboxylic acids is 1. The standard InChI is InChI=1S/C13H15N3OS/c1-15(2)12(17)8-16-6-5-9-3-4-10(13(14)18)7-11(9)16/h3-7H,8H2,1-2H3,(H2,14,18). The minimum Gasteiger partial charge on any atom is -0.389 e. The first-order valence-electron chi connectivity index (χ1n) is 5.58. The Hall–Kier alpha value is -1.88. The van der Waals surface area contributed by atoms with Gasteiger partial charge in [0.25, 0.3) is 0 Å². The van der Waals surface area contributed by atoms with E-state index in [1.807, 2.05) is 35.0 Å². The summed E-state index contributed by atoms with van der Waals surface area (Å²) in [5, 5.41) is 1.07. The van der Waals surface area contributed by atoms with Gasteiger partial charge in [0, 0.05) is 31.4 Å². The van der Waals surface area contributed by atoms with Crippen molar-refractivity contribution in [1.29, 1.82) is 0 Å². The second kappa shape index (κ2) is 4.78. The molecular weight excluding hydrogens is 246 g/mol. The number of rotatable bonds is 3. The molecule has 1 aromatic heterocycles. The molecule has 0 aliphatic rings. The smallest absolute Gasteiger partial charge is 0.241 e. The fraction of sp³-hybridized carbons (Fsp3) is 0.231. The van der Waals surface area contributed by atoms with Crippen molar-refractivity contribution in [1.82, 2.24) is 9.47 Å². The number of thiocarbonyl (C=S) groups is 1. The lowest BCUT2D eigenvalue weighted by atomic mass is 10.1. The van der Waals surface area contributed by atoms with E-state index >= 15 is 0 Å². The number of benzene rings is 1. The van der Waals surface area contributed by atoms with Crippen LogP contribution in [0.2, 0.25) is 0 Å². The molecule has 2 rings (SSSR count). The van der Waals surface area contributed by atoms with Crippen molar-refractivity contribution in [2.45, 2.75) is 6.54 Å². The van der Waals surface area contributed by atoms with Crippen molar-refractivity contribution < 1.29 is 4.79 Å². The molecule has 18 heavy (non-hydrogen) atoms. The minimum absolute atomic E-state index is 0.0493. The lowest BCUT2D eigenvalue weighted by molar-refractivity contribution is -0.129. The molecule has 0 spiro atoms. The lowest BCUT2D eigenvalue weighted by Gasteiger charge is -2.12. The van der Waals surface area contributed by atoms with E-state index in [9.17, 15) is 4.79 Å². The van der Waals surface area contributed by atoms with Gasteiger partial charge < -0.3 is 15.2 Å². The Morgan fingerprint density at radius 3 is 2.72 bits per heavy atom. The highest BCUT2D eigenvalue weighted by Crippen LogP contribution is 2.18. The summed E-state index contributed by atoms with van der Waals surface area (Å²) >= 11 is 4.96. The molecule has 94 valence electrons. The van der Waals surface area contributed by atoms with Crippen molar-refractivity contribution >= 4 is 34.0 Å². The van der Waals surface area contributed by atoms with Gasteiger partial charge in [-0.25, -0.2) is 0 Å². The molecule has 0 bridgehead atoms. The molecule has 0 aliphatic carbocycles. The van der Waals surface area contributed by atoms with Crippen LogP contribution in [0.15, 0.2) is 30.5 Å². The summed E-state index contributed by atoms with van der Waals surface area (Å²) in [6.45, 7) is 0.317. The van der Waals surface area contributed by atoms with E-state index in [-0.39, 0.29) is 5.91 Å². The number of hydrogen-bond acceptors (Lipinski definition) is 2. The zero-order valence-corrected chi connectivity index (χ0v) is 11.2. The Kier molecular flexibility index (Phi) is 3.34. The van der Waals surface area contributed by atoms with Gasteiger partial charge >= 0.3 is 0 Å². The van der Waals surface area contributed by atoms with Gasteiger partial charge in [-0.3, -0.25) is 4.79 Å². The van der Waals surface area contributed by atoms with Crippen LogP contribution in [0.3, 0.4) is 0 Å². The maximum atomic E-state index is 11.7. The van der Waals surface area contributed by atoms with E-state index in [1.54, 1.807) is 19.0 Å². The van der Waals surface area contributed by atoms with E-state index in [0.29, 0.717) is 11.5 Å². The van der Waals surface area contributed by atoms with Gasteiger partial charge in [-0.1, -0.05) is 24.4 Å². The monoisotopic (exact) mass is 261 g/mol. The minimum atomic E-state index is 0.0493. The molecule has 1 heterocycles. The zero-order chi connectivity index (χ0) is 13.3. The highest BCUT2D eigenvalue weighted by atomic mass is 32.1. The van der Waals surface area contributed by atoms with Crippen LogP contribution >= 0.6 is 12.2 Å². The van der Waals surface area contributed by atoms with Crippen LogP contribution in [0.25, 0.3) is 10.9 Å². The molecule has 0 radical (unpaired) electrons. The van der Waals surface area contributed by atoms with Crippen LogP contribution < -0.4 is 5.73 Å². The summed E-state index contributed by atoms with van der Waals surface area (Å²) in [4.78, 5) is 13.7. The third-order valence-corrected chi connectivity index (χ3v) is 3.10. The number of carbonyl (C=O) groups is 1. The van der Waals surface area contributed by atoms with Gasteiger partial charge in [-0.2, -0.15) is 0 Å². The Morgan fingerprint density at radius 1 is 1.39 bits per heavy atom. The van der Waals surface area contributed by atoms with Crippen LogP contribution in [0, 0.1) is 0 Å². The van der Waals surface area contributed by atoms with E-state index in [2.05, 4.69) is 0 Å². The van der Waals surface area contributed by atoms with Crippen LogP contribution in [0.4, 0.5) is 0 Å². The predicted octanol–water partition coefficient (Wildman–Crippen LogP) is 1.36. The van der Waals surface area contributed by atoms with E-state index in [1.165, 1.54) is 0 Å². The number of nitrogens with zero attached hydrogens (tertiary/aromatic N) is 2. The summed E-state index contributed by atoms with van der Waals surface area (Å²) in [6.07, 6.45) is 1.90. The average Bonchev–Trinajstić information content (AvgIpc) is 2.71. The summed E-state index contributed by atoms with van der Waals surface area (Å²) in [5.41, 5.74) is 7.40. The Balaban J connectivity index is 2.42. The number of hydrogen-bond donors (Lipinski definition) is 1. The highest BCUT2D eigenvalue weighted by molar-refractivity contribution is 7.80. The topological polar surface area (TPSA) is 51.3 Å². The average molecular weight is 261 g/mol. The molecule has 5 heteroatoms. The van der Waals surface area contributed by atoms with Crippen molar-refractivity contribution in [2.75, 3.05) is 14.1 Å². The SMILES string of the molecule is CN(C)C(=O)Cn1ccc2ccc(C(N)=S)cc21. The molecule has 0 aliphatic heterocycles. The fourth-order valence-corrected chi connectivity index (χ4v) is 1.89. The van der Waals surface area contributed by atoms with E-state index in [4.69, 9.17) is 18.0 Å². The number of amides is 1. The molecule has 1 amide bonds. The first kappa shape index (κ1) is 12.6. The van der Waals surface area contributed by atoms with E-state index < -0.39 is 0 Å². The molecule has 4 nitrogen and oxygen atoms in total. The van der Waals surface area contributed by atoms with Crippen molar-refractivity contribution in [2.24, 2.45) is 5.73 Å². The largest absolute Gasteiger partial charge is 0.389 e. The fourth-order valence-electron chi connectivity index (χ4n) is 1.76. The Bertz CT molecular complexity index is 616. The Morgan fingerprint density at radius 2 is 2.11 bits per heavy atom. The molecule has 0 saturated heterocycles. The molecule has 1 aromatic carbocycles. The summed E-state index contributed by atoms with van der Waals surface area (Å²) in [6, 6.07) is 7.74. The van der Waals surface area contributed by atoms with Gasteiger partial charge in [0.2, 0.25) is 5.91 Å². The summed E-state index contributed by atoms with van der Waals surface area (Å²) < 4.78 is 1.90. The van der Waals surface area contributed by atoms with Crippen molar-refractivity contribution in [3.05, 3.63) is 36.0 Å². The normalized spacial score (nSPS) is 10.6. The predicted molar refractivity (Wildman–Crippen MR) is 76.5 cm³/mol. The quantitative estimate of drug-likeness (QED) is 0.849. The van der Waals surface area contributed by atoms with Crippen molar-refractivity contribution in [3.8, 4) is 0 Å². The molecule has 0 saturated carbocycles. The third-order valence-electron chi connectivity index (χ3n) is 2.86. The summed E-state index contributed by atoms with van der Waals surface area (Å²) in [5.74, 6) is 0.0493. The number of likely N-dealkylation sites (N-methyl/N-ethyl adjacent to an activating group) is 1. The number of fused-ring (bicyclic) bond motifs is 1. The second-order valence-corrected chi connectivity index (χ2v) is 4.81. The third kappa shape index (κ3) is 2.36. The molecule has 2 N–H and O–H groups in total. The molecule has 2 aromatic rings. The lowest BCUT2D eigenvalue weighted by Crippen LogP contribution is -2.25. The van der Waals surface area contributed by atoms with Gasteiger partial charge in [0.1, 0.15) is 11.5 Å². The highest BCUT2D eigenvalue weighted by Gasteiger charge is 2.08. The van der Waals surface area contributed by atoms with Crippen molar-refractivity contribution in [3.63, 3.8) is 0 Å². The van der Waals surface area contributed by atoms with Gasteiger partial charge in [0.15, 0.2) is 0 Å². The Labute approximate surface area is 111 Å². The number of aromatic nitrogens is 1. The van der Waals surface area contributed by atoms with Gasteiger partial charge in [-0.05, 0) is 17.5 Å².